The number of anilines is 1. The Bertz CT molecular complexity index is 653. The first-order valence-electron chi connectivity index (χ1n) is 6.26. The predicted octanol–water partition coefficient (Wildman–Crippen LogP) is -0.334. The fourth-order valence-electron chi connectivity index (χ4n) is 2.07. The highest BCUT2D eigenvalue weighted by Gasteiger charge is 2.28. The average Bonchev–Trinajstić information content (AvgIpc) is 2.50. The molecule has 0 atom stereocenters. The molecule has 1 aromatic heterocycles. The zero-order valence-electron chi connectivity index (χ0n) is 11.2. The average molecular weight is 278 g/mol. The van der Waals surface area contributed by atoms with E-state index in [0.29, 0.717) is 5.69 Å². The van der Waals surface area contributed by atoms with Crippen molar-refractivity contribution in [1.82, 2.24) is 4.57 Å². The van der Waals surface area contributed by atoms with Gasteiger partial charge in [-0.3, -0.25) is 4.79 Å². The van der Waals surface area contributed by atoms with E-state index < -0.39 is 25.4 Å². The summed E-state index contributed by atoms with van der Waals surface area (Å²) in [5.41, 5.74) is -0.283. The van der Waals surface area contributed by atoms with E-state index in [-0.39, 0.29) is 5.56 Å². The molecule has 0 radical (unpaired) electrons. The summed E-state index contributed by atoms with van der Waals surface area (Å²) in [6, 6.07) is 8.67. The molecule has 0 aliphatic heterocycles. The van der Waals surface area contributed by atoms with Crippen molar-refractivity contribution in [2.45, 2.75) is 5.54 Å². The molecule has 0 aliphatic carbocycles. The van der Waals surface area contributed by atoms with Crippen LogP contribution in [0.15, 0.2) is 35.1 Å². The number of fused-ring (bicyclic) bond motifs is 1. The SMILES string of the molecule is Cn1c(=O)cc(NC(CO)(CO)CO)c2ccccc21. The van der Waals surface area contributed by atoms with Crippen LogP contribution in [0.5, 0.6) is 0 Å². The Morgan fingerprint density at radius 1 is 1.15 bits per heavy atom. The number of aliphatic hydroxyl groups excluding tert-OH is 3. The van der Waals surface area contributed by atoms with Crippen LogP contribution >= 0.6 is 0 Å². The molecule has 6 nitrogen and oxygen atoms in total. The lowest BCUT2D eigenvalue weighted by molar-refractivity contribution is 0.0834. The van der Waals surface area contributed by atoms with E-state index in [1.54, 1.807) is 13.1 Å². The molecule has 0 spiro atoms. The van der Waals surface area contributed by atoms with E-state index in [0.717, 1.165) is 10.9 Å². The molecule has 0 saturated carbocycles. The Hall–Kier alpha value is -1.89. The molecule has 20 heavy (non-hydrogen) atoms. The van der Waals surface area contributed by atoms with Crippen molar-refractivity contribution >= 4 is 16.6 Å². The van der Waals surface area contributed by atoms with Gasteiger partial charge in [-0.25, -0.2) is 0 Å². The third-order valence-electron chi connectivity index (χ3n) is 3.46. The normalized spacial score (nSPS) is 11.8. The number of aryl methyl sites for hydroxylation is 1. The molecule has 0 saturated heterocycles. The lowest BCUT2D eigenvalue weighted by Gasteiger charge is -2.30. The molecule has 0 fully saturated rings. The number of nitrogens with zero attached hydrogens (tertiary/aromatic N) is 1. The molecule has 4 N–H and O–H groups in total. The Labute approximate surface area is 115 Å². The summed E-state index contributed by atoms with van der Waals surface area (Å²) in [7, 11) is 1.67. The summed E-state index contributed by atoms with van der Waals surface area (Å²) < 4.78 is 1.51. The minimum atomic E-state index is -1.27. The summed E-state index contributed by atoms with van der Waals surface area (Å²) in [4.78, 5) is 11.9. The molecule has 0 unspecified atom stereocenters. The predicted molar refractivity (Wildman–Crippen MR) is 76.8 cm³/mol. The number of benzene rings is 1. The van der Waals surface area contributed by atoms with E-state index in [1.165, 1.54) is 10.6 Å². The topological polar surface area (TPSA) is 94.7 Å². The van der Waals surface area contributed by atoms with E-state index in [1.807, 2.05) is 18.2 Å². The summed E-state index contributed by atoms with van der Waals surface area (Å²) in [5, 5.41) is 31.8. The molecule has 2 aromatic rings. The molecule has 108 valence electrons. The standard InChI is InChI=1S/C14H18N2O4/c1-16-12-5-3-2-4-10(12)11(6-13(16)20)15-14(7-17,8-18)9-19/h2-6,15,17-19H,7-9H2,1H3. The lowest BCUT2D eigenvalue weighted by Crippen LogP contribution is -2.49. The summed E-state index contributed by atoms with van der Waals surface area (Å²) in [6.07, 6.45) is 0. The van der Waals surface area contributed by atoms with Crippen molar-refractivity contribution in [3.63, 3.8) is 0 Å². The molecular weight excluding hydrogens is 260 g/mol. The first-order valence-corrected chi connectivity index (χ1v) is 6.26. The van der Waals surface area contributed by atoms with Gasteiger partial charge in [0.15, 0.2) is 0 Å². The second-order valence-electron chi connectivity index (χ2n) is 4.85. The number of rotatable bonds is 5. The van der Waals surface area contributed by atoms with Crippen LogP contribution in [0.4, 0.5) is 5.69 Å². The number of aliphatic hydroxyl groups is 3. The highest BCUT2D eigenvalue weighted by atomic mass is 16.3. The van der Waals surface area contributed by atoms with Crippen molar-refractivity contribution in [3.05, 3.63) is 40.7 Å². The van der Waals surface area contributed by atoms with E-state index in [4.69, 9.17) is 0 Å². The van der Waals surface area contributed by atoms with Crippen LogP contribution in [0.3, 0.4) is 0 Å². The van der Waals surface area contributed by atoms with Gasteiger partial charge in [0.2, 0.25) is 0 Å². The third kappa shape index (κ3) is 2.40. The minimum Gasteiger partial charge on any atom is -0.394 e. The fraction of sp³-hybridized carbons (Fsp3) is 0.357. The molecule has 2 rings (SSSR count). The molecule has 6 heteroatoms. The number of nitrogens with one attached hydrogen (secondary N) is 1. The Morgan fingerprint density at radius 2 is 1.75 bits per heavy atom. The van der Waals surface area contributed by atoms with Gasteiger partial charge in [-0.1, -0.05) is 18.2 Å². The molecular formula is C14H18N2O4. The van der Waals surface area contributed by atoms with Crippen LogP contribution in [0.1, 0.15) is 0 Å². The maximum absolute atomic E-state index is 11.9. The molecule has 0 bridgehead atoms. The maximum Gasteiger partial charge on any atom is 0.252 e. The lowest BCUT2D eigenvalue weighted by atomic mass is 10.0. The number of aromatic nitrogens is 1. The number of hydrogen-bond acceptors (Lipinski definition) is 5. The van der Waals surface area contributed by atoms with E-state index in [9.17, 15) is 20.1 Å². The fourth-order valence-corrected chi connectivity index (χ4v) is 2.07. The smallest absolute Gasteiger partial charge is 0.252 e. The van der Waals surface area contributed by atoms with Crippen LogP contribution in [0, 0.1) is 0 Å². The Kier molecular flexibility index (Phi) is 4.08. The summed E-state index contributed by atoms with van der Waals surface area (Å²) >= 11 is 0. The van der Waals surface area contributed by atoms with Crippen molar-refractivity contribution in [2.24, 2.45) is 7.05 Å². The number of para-hydroxylation sites is 1. The van der Waals surface area contributed by atoms with Gasteiger partial charge in [-0.2, -0.15) is 0 Å². The number of pyridine rings is 1. The second-order valence-corrected chi connectivity index (χ2v) is 4.85. The zero-order valence-corrected chi connectivity index (χ0v) is 11.2. The maximum atomic E-state index is 11.9. The van der Waals surface area contributed by atoms with Gasteiger partial charge in [0.05, 0.1) is 25.3 Å². The van der Waals surface area contributed by atoms with Crippen molar-refractivity contribution < 1.29 is 15.3 Å². The second kappa shape index (κ2) is 5.62. The quantitative estimate of drug-likeness (QED) is 0.600. The highest BCUT2D eigenvalue weighted by Crippen LogP contribution is 2.23. The van der Waals surface area contributed by atoms with Gasteiger partial charge in [0, 0.05) is 24.2 Å². The first kappa shape index (κ1) is 14.5. The van der Waals surface area contributed by atoms with Gasteiger partial charge in [-0.05, 0) is 6.07 Å². The minimum absolute atomic E-state index is 0.214. The van der Waals surface area contributed by atoms with Crippen LogP contribution in [-0.2, 0) is 7.05 Å². The van der Waals surface area contributed by atoms with Crippen molar-refractivity contribution in [3.8, 4) is 0 Å². The molecule has 1 heterocycles. The van der Waals surface area contributed by atoms with Gasteiger partial charge < -0.3 is 25.2 Å². The third-order valence-corrected chi connectivity index (χ3v) is 3.46. The van der Waals surface area contributed by atoms with E-state index >= 15 is 0 Å². The molecule has 0 aliphatic rings. The summed E-state index contributed by atoms with van der Waals surface area (Å²) in [6.45, 7) is -1.36. The van der Waals surface area contributed by atoms with E-state index in [2.05, 4.69) is 5.32 Å². The Balaban J connectivity index is 2.61. The number of hydrogen-bond donors (Lipinski definition) is 4. The van der Waals surface area contributed by atoms with Crippen molar-refractivity contribution in [2.75, 3.05) is 25.1 Å². The molecule has 0 amide bonds. The largest absolute Gasteiger partial charge is 0.394 e. The van der Waals surface area contributed by atoms with Crippen LogP contribution in [0.25, 0.3) is 10.9 Å². The van der Waals surface area contributed by atoms with Crippen LogP contribution < -0.4 is 10.9 Å². The monoisotopic (exact) mass is 278 g/mol. The summed E-state index contributed by atoms with van der Waals surface area (Å²) in [5.74, 6) is 0. The Morgan fingerprint density at radius 3 is 2.35 bits per heavy atom. The highest BCUT2D eigenvalue weighted by molar-refractivity contribution is 5.91. The van der Waals surface area contributed by atoms with Crippen LogP contribution in [0.2, 0.25) is 0 Å². The van der Waals surface area contributed by atoms with Gasteiger partial charge in [-0.15, -0.1) is 0 Å². The van der Waals surface area contributed by atoms with Gasteiger partial charge in [0.25, 0.3) is 5.56 Å². The van der Waals surface area contributed by atoms with Crippen LogP contribution in [-0.4, -0.2) is 45.2 Å². The molecule has 1 aromatic carbocycles. The van der Waals surface area contributed by atoms with Crippen molar-refractivity contribution in [1.29, 1.82) is 0 Å². The first-order chi connectivity index (χ1) is 9.56. The van der Waals surface area contributed by atoms with Gasteiger partial charge in [0.1, 0.15) is 5.54 Å². The zero-order chi connectivity index (χ0) is 14.8. The van der Waals surface area contributed by atoms with Gasteiger partial charge >= 0.3 is 0 Å².